The Morgan fingerprint density at radius 1 is 0.972 bits per heavy atom. The molecule has 1 fully saturated rings. The summed E-state index contributed by atoms with van der Waals surface area (Å²) in [6, 6.07) is 9.12. The predicted octanol–water partition coefficient (Wildman–Crippen LogP) is 4.13. The monoisotopic (exact) mass is 505 g/mol. The van der Waals surface area contributed by atoms with Crippen molar-refractivity contribution in [3.05, 3.63) is 47.5 Å². The van der Waals surface area contributed by atoms with Crippen LogP contribution < -0.4 is 15.1 Å². The zero-order chi connectivity index (χ0) is 25.1. The molecular formula is C26H35N9S. The molecule has 9 nitrogen and oxygen atoms in total. The van der Waals surface area contributed by atoms with Gasteiger partial charge in [-0.25, -0.2) is 9.97 Å². The molecule has 0 bridgehead atoms. The molecule has 1 saturated heterocycles. The third kappa shape index (κ3) is 5.15. The minimum Gasteiger partial charge on any atom is -0.367 e. The van der Waals surface area contributed by atoms with E-state index in [-0.39, 0.29) is 0 Å². The molecule has 0 atom stereocenters. The van der Waals surface area contributed by atoms with Crippen LogP contribution in [0.15, 0.2) is 47.5 Å². The summed E-state index contributed by atoms with van der Waals surface area (Å²) in [5, 5.41) is 7.78. The molecule has 5 heterocycles. The van der Waals surface area contributed by atoms with Gasteiger partial charge < -0.3 is 15.1 Å². The van der Waals surface area contributed by atoms with E-state index < -0.39 is 0 Å². The molecule has 5 rings (SSSR count). The first-order valence-corrected chi connectivity index (χ1v) is 13.6. The highest BCUT2D eigenvalue weighted by Crippen LogP contribution is 2.26. The summed E-state index contributed by atoms with van der Waals surface area (Å²) in [5.74, 6) is 2.56. The Bertz CT molecular complexity index is 1240. The maximum absolute atomic E-state index is 5.01. The number of rotatable bonds is 9. The van der Waals surface area contributed by atoms with Crippen LogP contribution in [0, 0.1) is 0 Å². The maximum Gasteiger partial charge on any atom is 0.229 e. The second-order valence-electron chi connectivity index (χ2n) is 9.65. The van der Waals surface area contributed by atoms with E-state index >= 15 is 0 Å². The van der Waals surface area contributed by atoms with Gasteiger partial charge in [-0.3, -0.25) is 9.47 Å². The Kier molecular flexibility index (Phi) is 7.33. The Labute approximate surface area is 216 Å². The van der Waals surface area contributed by atoms with E-state index in [1.54, 1.807) is 11.3 Å². The summed E-state index contributed by atoms with van der Waals surface area (Å²) >= 11 is 1.67. The minimum absolute atomic E-state index is 0.487. The molecule has 190 valence electrons. The van der Waals surface area contributed by atoms with Crippen molar-refractivity contribution in [3.8, 4) is 5.69 Å². The first-order chi connectivity index (χ1) is 17.5. The summed E-state index contributed by atoms with van der Waals surface area (Å²) in [4.78, 5) is 26.3. The average Bonchev–Trinajstić information content (AvgIpc) is 3.56. The van der Waals surface area contributed by atoms with Gasteiger partial charge in [0.2, 0.25) is 5.95 Å². The molecule has 1 aliphatic rings. The van der Waals surface area contributed by atoms with E-state index in [9.17, 15) is 0 Å². The fraction of sp³-hybridized carbons (Fsp3) is 0.462. The second-order valence-corrected chi connectivity index (χ2v) is 10.4. The summed E-state index contributed by atoms with van der Waals surface area (Å²) in [6.07, 6.45) is 3.70. The van der Waals surface area contributed by atoms with Crippen LogP contribution in [0.2, 0.25) is 0 Å². The van der Waals surface area contributed by atoms with E-state index in [4.69, 9.17) is 15.0 Å². The molecule has 0 amide bonds. The van der Waals surface area contributed by atoms with Crippen LogP contribution in [0.5, 0.6) is 0 Å². The van der Waals surface area contributed by atoms with Gasteiger partial charge in [0.15, 0.2) is 17.0 Å². The lowest BCUT2D eigenvalue weighted by Crippen LogP contribution is -2.47. The van der Waals surface area contributed by atoms with E-state index in [2.05, 4.69) is 80.2 Å². The number of hydrogen-bond acceptors (Lipinski definition) is 9. The van der Waals surface area contributed by atoms with E-state index in [1.165, 1.54) is 0 Å². The van der Waals surface area contributed by atoms with Gasteiger partial charge in [0, 0.05) is 62.9 Å². The van der Waals surface area contributed by atoms with E-state index in [0.717, 1.165) is 73.7 Å². The van der Waals surface area contributed by atoms with Gasteiger partial charge in [-0.05, 0) is 51.3 Å². The van der Waals surface area contributed by atoms with Crippen LogP contribution in [0.25, 0.3) is 16.9 Å². The highest BCUT2D eigenvalue weighted by atomic mass is 32.1. The van der Waals surface area contributed by atoms with Gasteiger partial charge >= 0.3 is 0 Å². The van der Waals surface area contributed by atoms with Crippen LogP contribution in [0.4, 0.5) is 17.6 Å². The maximum atomic E-state index is 5.01. The summed E-state index contributed by atoms with van der Waals surface area (Å²) in [6.45, 7) is 14.1. The number of thiophene rings is 1. The van der Waals surface area contributed by atoms with Crippen molar-refractivity contribution in [2.24, 2.45) is 0 Å². The lowest BCUT2D eigenvalue weighted by Gasteiger charge is -2.35. The third-order valence-corrected chi connectivity index (χ3v) is 7.36. The third-order valence-electron chi connectivity index (χ3n) is 6.69. The number of nitrogens with zero attached hydrogens (tertiary/aromatic N) is 8. The van der Waals surface area contributed by atoms with Crippen molar-refractivity contribution in [3.63, 3.8) is 0 Å². The van der Waals surface area contributed by atoms with Crippen molar-refractivity contribution in [1.29, 1.82) is 0 Å². The summed E-state index contributed by atoms with van der Waals surface area (Å²) < 4.78 is 2.06. The standard InChI is InChI=1S/C26H35N9S/c1-19(2)34(20(3)4)11-10-28-24-23-25(35(18-29-23)21-8-16-36-17-21)31-26(30-24)33-14-12-32(13-15-33)22-7-5-6-9-27-22/h5-9,16-20H,10-15H2,1-4H3,(H,28,30,31). The molecule has 36 heavy (non-hydrogen) atoms. The number of nitrogens with one attached hydrogen (secondary N) is 1. The Morgan fingerprint density at radius 2 is 1.75 bits per heavy atom. The molecule has 4 aromatic heterocycles. The predicted molar refractivity (Wildman–Crippen MR) is 149 cm³/mol. The zero-order valence-electron chi connectivity index (χ0n) is 21.5. The number of imidazole rings is 1. The first-order valence-electron chi connectivity index (χ1n) is 12.7. The number of piperazine rings is 1. The fourth-order valence-electron chi connectivity index (χ4n) is 4.83. The van der Waals surface area contributed by atoms with Crippen molar-refractivity contribution in [2.45, 2.75) is 39.8 Å². The zero-order valence-corrected chi connectivity index (χ0v) is 22.3. The lowest BCUT2D eigenvalue weighted by atomic mass is 10.2. The molecule has 4 aromatic rings. The number of anilines is 3. The largest absolute Gasteiger partial charge is 0.367 e. The number of pyridine rings is 1. The van der Waals surface area contributed by atoms with Gasteiger partial charge in [-0.2, -0.15) is 21.3 Å². The molecule has 0 unspecified atom stereocenters. The quantitative estimate of drug-likeness (QED) is 0.364. The molecule has 0 aromatic carbocycles. The molecule has 1 N–H and O–H groups in total. The highest BCUT2D eigenvalue weighted by Gasteiger charge is 2.23. The van der Waals surface area contributed by atoms with Crippen LogP contribution in [0.3, 0.4) is 0 Å². The molecular weight excluding hydrogens is 470 g/mol. The van der Waals surface area contributed by atoms with E-state index in [1.807, 2.05) is 24.7 Å². The molecule has 1 aliphatic heterocycles. The van der Waals surface area contributed by atoms with Gasteiger partial charge in [-0.15, -0.1) is 0 Å². The Morgan fingerprint density at radius 3 is 2.42 bits per heavy atom. The van der Waals surface area contributed by atoms with Gasteiger partial charge in [0.05, 0.1) is 5.69 Å². The smallest absolute Gasteiger partial charge is 0.229 e. The first kappa shape index (κ1) is 24.5. The van der Waals surface area contributed by atoms with Gasteiger partial charge in [0.1, 0.15) is 12.1 Å². The summed E-state index contributed by atoms with van der Waals surface area (Å²) in [7, 11) is 0. The highest BCUT2D eigenvalue weighted by molar-refractivity contribution is 7.08. The molecule has 0 radical (unpaired) electrons. The number of fused-ring (bicyclic) bond motifs is 1. The summed E-state index contributed by atoms with van der Waals surface area (Å²) in [5.41, 5.74) is 2.71. The van der Waals surface area contributed by atoms with Gasteiger partial charge in [0.25, 0.3) is 0 Å². The second kappa shape index (κ2) is 10.8. The molecule has 0 saturated carbocycles. The van der Waals surface area contributed by atoms with Crippen molar-refractivity contribution in [2.75, 3.05) is 54.4 Å². The normalized spacial score (nSPS) is 14.5. The molecule has 10 heteroatoms. The van der Waals surface area contributed by atoms with Crippen molar-refractivity contribution >= 4 is 40.1 Å². The SMILES string of the molecule is CC(C)N(CCNc1nc(N2CCN(c3ccccn3)CC2)nc2c1ncn2-c1ccsc1)C(C)C. The van der Waals surface area contributed by atoms with Crippen molar-refractivity contribution in [1.82, 2.24) is 29.4 Å². The van der Waals surface area contributed by atoms with Crippen LogP contribution >= 0.6 is 11.3 Å². The number of hydrogen-bond donors (Lipinski definition) is 1. The molecule has 0 spiro atoms. The lowest BCUT2D eigenvalue weighted by molar-refractivity contribution is 0.182. The Balaban J connectivity index is 1.40. The Hall–Kier alpha value is -3.24. The minimum atomic E-state index is 0.487. The van der Waals surface area contributed by atoms with Crippen LogP contribution in [-0.2, 0) is 0 Å². The molecule has 0 aliphatic carbocycles. The van der Waals surface area contributed by atoms with Crippen molar-refractivity contribution < 1.29 is 0 Å². The topological polar surface area (TPSA) is 78.2 Å². The van der Waals surface area contributed by atoms with Crippen LogP contribution in [0.1, 0.15) is 27.7 Å². The average molecular weight is 506 g/mol. The van der Waals surface area contributed by atoms with Crippen LogP contribution in [-0.4, -0.2) is 80.8 Å². The van der Waals surface area contributed by atoms with Gasteiger partial charge in [-0.1, -0.05) is 6.07 Å². The fourth-order valence-corrected chi connectivity index (χ4v) is 5.46. The number of aromatic nitrogens is 5. The van der Waals surface area contributed by atoms with E-state index in [0.29, 0.717) is 12.1 Å².